The Hall–Kier alpha value is -2.60. The van der Waals surface area contributed by atoms with Gasteiger partial charge in [0.05, 0.1) is 12.3 Å². The molecule has 1 amide bonds. The number of aryl methyl sites for hydroxylation is 1. The first-order valence-corrected chi connectivity index (χ1v) is 9.17. The number of aromatic nitrogens is 1. The topological polar surface area (TPSA) is 63.7 Å². The number of benzene rings is 1. The smallest absolute Gasteiger partial charge is 0.262 e. The number of carbonyl (C=O) groups excluding carboxylic acids is 1. The van der Waals surface area contributed by atoms with E-state index in [1.54, 1.807) is 27.2 Å². The molecule has 0 saturated carbocycles. The van der Waals surface area contributed by atoms with Crippen molar-refractivity contribution in [3.05, 3.63) is 53.3 Å². The Kier molecular flexibility index (Phi) is 7.61. The molecular weight excluding hydrogens is 342 g/mol. The van der Waals surface area contributed by atoms with Crippen molar-refractivity contribution in [2.75, 3.05) is 20.7 Å². The fourth-order valence-electron chi connectivity index (χ4n) is 2.66. The number of hydrogen-bond donors (Lipinski definition) is 1. The van der Waals surface area contributed by atoms with E-state index in [1.807, 2.05) is 31.2 Å². The summed E-state index contributed by atoms with van der Waals surface area (Å²) >= 11 is 0. The first-order valence-electron chi connectivity index (χ1n) is 9.17. The van der Waals surface area contributed by atoms with E-state index in [2.05, 4.69) is 23.3 Å². The quantitative estimate of drug-likeness (QED) is 0.734. The van der Waals surface area contributed by atoms with Crippen LogP contribution in [0.2, 0.25) is 0 Å². The number of amides is 1. The molecule has 1 aromatic carbocycles. The molecule has 0 saturated heterocycles. The van der Waals surface area contributed by atoms with E-state index in [0.717, 1.165) is 11.3 Å². The van der Waals surface area contributed by atoms with Crippen LogP contribution in [0, 0.1) is 6.92 Å². The molecule has 0 fully saturated rings. The van der Waals surface area contributed by atoms with Gasteiger partial charge in [0.15, 0.2) is 17.6 Å². The van der Waals surface area contributed by atoms with Crippen LogP contribution >= 0.6 is 0 Å². The van der Waals surface area contributed by atoms with Gasteiger partial charge >= 0.3 is 0 Å². The van der Waals surface area contributed by atoms with Gasteiger partial charge in [0, 0.05) is 33.4 Å². The maximum absolute atomic E-state index is 12.0. The van der Waals surface area contributed by atoms with Gasteiger partial charge in [-0.25, -0.2) is 0 Å². The molecule has 0 radical (unpaired) electrons. The molecule has 27 heavy (non-hydrogen) atoms. The summed E-state index contributed by atoms with van der Waals surface area (Å²) in [6.45, 7) is 7.62. The third-order valence-corrected chi connectivity index (χ3v) is 4.14. The number of likely N-dealkylation sites (N-methyl/N-ethyl adjacent to an activating group) is 1. The minimum absolute atomic E-state index is 0.0890. The lowest BCUT2D eigenvalue weighted by atomic mass is 10.2. The van der Waals surface area contributed by atoms with Crippen LogP contribution < -0.4 is 14.8 Å². The van der Waals surface area contributed by atoms with Crippen LogP contribution in [0.15, 0.2) is 36.5 Å². The van der Waals surface area contributed by atoms with Gasteiger partial charge in [-0.1, -0.05) is 12.1 Å². The molecule has 6 heteroatoms. The Morgan fingerprint density at radius 2 is 2.00 bits per heavy atom. The van der Waals surface area contributed by atoms with Crippen LogP contribution in [0.1, 0.15) is 30.7 Å². The lowest BCUT2D eigenvalue weighted by Crippen LogP contribution is -2.35. The molecule has 6 nitrogen and oxygen atoms in total. The maximum atomic E-state index is 12.0. The van der Waals surface area contributed by atoms with Crippen LogP contribution in [0.3, 0.4) is 0 Å². The number of pyridine rings is 1. The van der Waals surface area contributed by atoms with Crippen molar-refractivity contribution in [1.29, 1.82) is 0 Å². The molecule has 1 unspecified atom stereocenters. The molecule has 1 aromatic heterocycles. The Bertz CT molecular complexity index is 762. The standard InChI is InChI=1S/C21H29N3O3/c1-6-26-20-12-17(13-22-14-18-15(2)8-7-11-23-18)9-10-19(20)27-16(3)21(25)24(4)5/h7-12,16,22H,6,13-14H2,1-5H3. The van der Waals surface area contributed by atoms with E-state index >= 15 is 0 Å². The van der Waals surface area contributed by atoms with E-state index in [0.29, 0.717) is 31.2 Å². The monoisotopic (exact) mass is 371 g/mol. The summed E-state index contributed by atoms with van der Waals surface area (Å²) in [7, 11) is 3.42. The molecule has 1 heterocycles. The highest BCUT2D eigenvalue weighted by atomic mass is 16.5. The Morgan fingerprint density at radius 1 is 1.22 bits per heavy atom. The summed E-state index contributed by atoms with van der Waals surface area (Å²) in [5, 5.41) is 3.40. The van der Waals surface area contributed by atoms with Gasteiger partial charge < -0.3 is 19.7 Å². The zero-order chi connectivity index (χ0) is 19.8. The van der Waals surface area contributed by atoms with Crippen molar-refractivity contribution in [2.24, 2.45) is 0 Å². The number of rotatable bonds is 9. The highest BCUT2D eigenvalue weighted by Crippen LogP contribution is 2.29. The molecule has 0 aliphatic carbocycles. The Labute approximate surface area is 161 Å². The zero-order valence-corrected chi connectivity index (χ0v) is 16.8. The molecule has 2 rings (SSSR count). The lowest BCUT2D eigenvalue weighted by Gasteiger charge is -2.20. The minimum Gasteiger partial charge on any atom is -0.490 e. The summed E-state index contributed by atoms with van der Waals surface area (Å²) in [5.74, 6) is 1.13. The zero-order valence-electron chi connectivity index (χ0n) is 16.8. The number of carbonyl (C=O) groups is 1. The SMILES string of the molecule is CCOc1cc(CNCc2ncccc2C)ccc1OC(C)C(=O)N(C)C. The fourth-order valence-corrected chi connectivity index (χ4v) is 2.66. The Balaban J connectivity index is 2.03. The van der Waals surface area contributed by atoms with Crippen LogP contribution in [-0.2, 0) is 17.9 Å². The third-order valence-electron chi connectivity index (χ3n) is 4.14. The molecule has 0 bridgehead atoms. The molecule has 2 aromatic rings. The number of ether oxygens (including phenoxy) is 2. The van der Waals surface area contributed by atoms with Crippen molar-refractivity contribution >= 4 is 5.91 Å². The first kappa shape index (κ1) is 20.7. The molecule has 146 valence electrons. The average molecular weight is 371 g/mol. The van der Waals surface area contributed by atoms with Gasteiger partial charge in [-0.15, -0.1) is 0 Å². The number of nitrogens with zero attached hydrogens (tertiary/aromatic N) is 2. The van der Waals surface area contributed by atoms with Crippen molar-refractivity contribution in [2.45, 2.75) is 40.0 Å². The summed E-state index contributed by atoms with van der Waals surface area (Å²) in [5.41, 5.74) is 3.28. The highest BCUT2D eigenvalue weighted by Gasteiger charge is 2.18. The van der Waals surface area contributed by atoms with Crippen molar-refractivity contribution < 1.29 is 14.3 Å². The third kappa shape index (κ3) is 5.96. The van der Waals surface area contributed by atoms with Crippen LogP contribution in [0.4, 0.5) is 0 Å². The second-order valence-electron chi connectivity index (χ2n) is 6.58. The molecule has 1 N–H and O–H groups in total. The molecule has 0 aliphatic rings. The minimum atomic E-state index is -0.574. The van der Waals surface area contributed by atoms with Gasteiger partial charge in [-0.3, -0.25) is 9.78 Å². The van der Waals surface area contributed by atoms with E-state index in [-0.39, 0.29) is 5.91 Å². The van der Waals surface area contributed by atoms with E-state index < -0.39 is 6.10 Å². The van der Waals surface area contributed by atoms with Crippen molar-refractivity contribution in [3.63, 3.8) is 0 Å². The fraction of sp³-hybridized carbons (Fsp3) is 0.429. The van der Waals surface area contributed by atoms with E-state index in [4.69, 9.17) is 9.47 Å². The lowest BCUT2D eigenvalue weighted by molar-refractivity contribution is -0.135. The van der Waals surface area contributed by atoms with Gasteiger partial charge in [0.25, 0.3) is 5.91 Å². The van der Waals surface area contributed by atoms with Gasteiger partial charge in [-0.2, -0.15) is 0 Å². The highest BCUT2D eigenvalue weighted by molar-refractivity contribution is 5.80. The van der Waals surface area contributed by atoms with Crippen LogP contribution in [0.25, 0.3) is 0 Å². The predicted molar refractivity (Wildman–Crippen MR) is 106 cm³/mol. The molecular formula is C21H29N3O3. The van der Waals surface area contributed by atoms with Gasteiger partial charge in [0.2, 0.25) is 0 Å². The van der Waals surface area contributed by atoms with Crippen LogP contribution in [-0.4, -0.2) is 42.6 Å². The Morgan fingerprint density at radius 3 is 2.67 bits per heavy atom. The summed E-state index contributed by atoms with van der Waals surface area (Å²) in [6.07, 6.45) is 1.23. The number of hydrogen-bond acceptors (Lipinski definition) is 5. The van der Waals surface area contributed by atoms with Crippen LogP contribution in [0.5, 0.6) is 11.5 Å². The predicted octanol–water partition coefficient (Wildman–Crippen LogP) is 2.93. The first-order chi connectivity index (χ1) is 12.9. The molecule has 0 spiro atoms. The summed E-state index contributed by atoms with van der Waals surface area (Å²) < 4.78 is 11.5. The molecule has 0 aliphatic heterocycles. The largest absolute Gasteiger partial charge is 0.490 e. The number of nitrogens with one attached hydrogen (secondary N) is 1. The normalized spacial score (nSPS) is 11.7. The van der Waals surface area contributed by atoms with E-state index in [1.165, 1.54) is 10.5 Å². The van der Waals surface area contributed by atoms with Gasteiger partial charge in [-0.05, 0) is 50.1 Å². The van der Waals surface area contributed by atoms with Crippen molar-refractivity contribution in [3.8, 4) is 11.5 Å². The van der Waals surface area contributed by atoms with E-state index in [9.17, 15) is 4.79 Å². The van der Waals surface area contributed by atoms with Gasteiger partial charge in [0.1, 0.15) is 0 Å². The molecule has 1 atom stereocenters. The summed E-state index contributed by atoms with van der Waals surface area (Å²) in [6, 6.07) is 9.77. The second-order valence-corrected chi connectivity index (χ2v) is 6.58. The average Bonchev–Trinajstić information content (AvgIpc) is 2.64. The van der Waals surface area contributed by atoms with Crippen molar-refractivity contribution in [1.82, 2.24) is 15.2 Å². The summed E-state index contributed by atoms with van der Waals surface area (Å²) in [4.78, 5) is 17.9. The second kappa shape index (κ2) is 9.92. The maximum Gasteiger partial charge on any atom is 0.262 e.